The van der Waals surface area contributed by atoms with Crippen molar-refractivity contribution in [2.45, 2.75) is 26.2 Å². The molecule has 0 aliphatic carbocycles. The molecule has 0 fully saturated rings. The molecule has 0 amide bonds. The third-order valence-electron chi connectivity index (χ3n) is 3.58. The summed E-state index contributed by atoms with van der Waals surface area (Å²) in [6.07, 6.45) is 0.733. The van der Waals surface area contributed by atoms with Crippen molar-refractivity contribution in [1.29, 1.82) is 5.26 Å². The van der Waals surface area contributed by atoms with Gasteiger partial charge in [-0.15, -0.1) is 0 Å². The number of nitrogens with zero attached hydrogens (tertiary/aromatic N) is 1. The van der Waals surface area contributed by atoms with E-state index in [-0.39, 0.29) is 5.92 Å². The summed E-state index contributed by atoms with van der Waals surface area (Å²) in [5.74, 6) is 0.648. The Labute approximate surface area is 120 Å². The van der Waals surface area contributed by atoms with Gasteiger partial charge in [-0.25, -0.2) is 0 Å². The van der Waals surface area contributed by atoms with Gasteiger partial charge < -0.3 is 4.74 Å². The lowest BCUT2D eigenvalue weighted by molar-refractivity contribution is 0.414. The van der Waals surface area contributed by atoms with Crippen molar-refractivity contribution < 1.29 is 4.74 Å². The first-order valence-corrected chi connectivity index (χ1v) is 6.73. The van der Waals surface area contributed by atoms with Crippen molar-refractivity contribution in [3.63, 3.8) is 0 Å². The second-order valence-corrected chi connectivity index (χ2v) is 5.09. The fraction of sp³-hybridized carbons (Fsp3) is 0.278. The van der Waals surface area contributed by atoms with Gasteiger partial charge in [0.05, 0.1) is 19.1 Å². The Morgan fingerprint density at radius 3 is 2.65 bits per heavy atom. The number of hydrogen-bond acceptors (Lipinski definition) is 2. The molecule has 2 nitrogen and oxygen atoms in total. The van der Waals surface area contributed by atoms with E-state index < -0.39 is 0 Å². The molecular formula is C18H19NO. The summed E-state index contributed by atoms with van der Waals surface area (Å²) in [5, 5.41) is 9.47. The normalized spacial score (nSPS) is 11.7. The summed E-state index contributed by atoms with van der Waals surface area (Å²) in [7, 11) is 1.64. The molecular weight excluding hydrogens is 246 g/mol. The van der Waals surface area contributed by atoms with Gasteiger partial charge in [-0.2, -0.15) is 5.26 Å². The lowest BCUT2D eigenvalue weighted by Gasteiger charge is -2.13. The van der Waals surface area contributed by atoms with Crippen molar-refractivity contribution in [2.24, 2.45) is 0 Å². The maximum absolute atomic E-state index is 9.47. The maximum atomic E-state index is 9.47. The Morgan fingerprint density at radius 1 is 1.15 bits per heavy atom. The van der Waals surface area contributed by atoms with Gasteiger partial charge in [-0.3, -0.25) is 0 Å². The van der Waals surface area contributed by atoms with E-state index in [1.807, 2.05) is 24.3 Å². The highest BCUT2D eigenvalue weighted by molar-refractivity contribution is 5.37. The molecule has 0 aliphatic rings. The van der Waals surface area contributed by atoms with Crippen LogP contribution in [0.2, 0.25) is 0 Å². The molecule has 0 heterocycles. The Balaban J connectivity index is 2.29. The van der Waals surface area contributed by atoms with E-state index in [0.717, 1.165) is 17.7 Å². The van der Waals surface area contributed by atoms with E-state index in [0.29, 0.717) is 0 Å². The minimum absolute atomic E-state index is 0.148. The van der Waals surface area contributed by atoms with Gasteiger partial charge in [0.1, 0.15) is 5.75 Å². The molecule has 0 N–H and O–H groups in total. The highest BCUT2D eigenvalue weighted by atomic mass is 16.5. The predicted octanol–water partition coefficient (Wildman–Crippen LogP) is 4.16. The topological polar surface area (TPSA) is 33.0 Å². The predicted molar refractivity (Wildman–Crippen MR) is 81.0 cm³/mol. The zero-order chi connectivity index (χ0) is 14.5. The van der Waals surface area contributed by atoms with Crippen LogP contribution in [0, 0.1) is 25.2 Å². The number of nitriles is 1. The monoisotopic (exact) mass is 265 g/mol. The SMILES string of the molecule is COc1cccc(C(C#N)Cc2cc(C)ccc2C)c1. The Hall–Kier alpha value is -2.27. The molecule has 0 bridgehead atoms. The first-order chi connectivity index (χ1) is 9.63. The van der Waals surface area contributed by atoms with Crippen molar-refractivity contribution in [1.82, 2.24) is 0 Å². The highest BCUT2D eigenvalue weighted by Gasteiger charge is 2.13. The molecule has 0 saturated carbocycles. The summed E-state index contributed by atoms with van der Waals surface area (Å²) in [6, 6.07) is 16.6. The summed E-state index contributed by atoms with van der Waals surface area (Å²) in [5.41, 5.74) is 4.71. The lowest BCUT2D eigenvalue weighted by atomic mass is 9.90. The third-order valence-corrected chi connectivity index (χ3v) is 3.58. The Morgan fingerprint density at radius 2 is 1.95 bits per heavy atom. The van der Waals surface area contributed by atoms with Gasteiger partial charge in [0.25, 0.3) is 0 Å². The van der Waals surface area contributed by atoms with Crippen molar-refractivity contribution >= 4 is 0 Å². The first-order valence-electron chi connectivity index (χ1n) is 6.73. The van der Waals surface area contributed by atoms with E-state index in [1.165, 1.54) is 16.7 Å². The Bertz CT molecular complexity index is 640. The van der Waals surface area contributed by atoms with Gasteiger partial charge in [-0.1, -0.05) is 35.9 Å². The summed E-state index contributed by atoms with van der Waals surface area (Å²) >= 11 is 0. The highest BCUT2D eigenvalue weighted by Crippen LogP contribution is 2.25. The van der Waals surface area contributed by atoms with Gasteiger partial charge in [-0.05, 0) is 49.1 Å². The van der Waals surface area contributed by atoms with Crippen LogP contribution in [0.4, 0.5) is 0 Å². The third kappa shape index (κ3) is 3.19. The van der Waals surface area contributed by atoms with Crippen LogP contribution in [0.1, 0.15) is 28.2 Å². The van der Waals surface area contributed by atoms with Crippen molar-refractivity contribution in [3.05, 3.63) is 64.7 Å². The minimum Gasteiger partial charge on any atom is -0.497 e. The van der Waals surface area contributed by atoms with Crippen LogP contribution in [0.25, 0.3) is 0 Å². The molecule has 0 spiro atoms. The van der Waals surface area contributed by atoms with Crippen LogP contribution in [0.3, 0.4) is 0 Å². The number of rotatable bonds is 4. The summed E-state index contributed by atoms with van der Waals surface area (Å²) in [6.45, 7) is 4.17. The minimum atomic E-state index is -0.148. The fourth-order valence-electron chi connectivity index (χ4n) is 2.34. The average molecular weight is 265 g/mol. The molecule has 2 aromatic carbocycles. The zero-order valence-electron chi connectivity index (χ0n) is 12.2. The van der Waals surface area contributed by atoms with Crippen LogP contribution in [0.5, 0.6) is 5.75 Å². The molecule has 0 saturated heterocycles. The van der Waals surface area contributed by atoms with Crippen LogP contribution in [0.15, 0.2) is 42.5 Å². The molecule has 1 unspecified atom stereocenters. The van der Waals surface area contributed by atoms with E-state index in [2.05, 4.69) is 38.1 Å². The second kappa shape index (κ2) is 6.25. The molecule has 0 aliphatic heterocycles. The van der Waals surface area contributed by atoms with Crippen LogP contribution >= 0.6 is 0 Å². The van der Waals surface area contributed by atoms with Crippen molar-refractivity contribution in [2.75, 3.05) is 7.11 Å². The molecule has 2 rings (SSSR count). The van der Waals surface area contributed by atoms with Gasteiger partial charge >= 0.3 is 0 Å². The van der Waals surface area contributed by atoms with Gasteiger partial charge in [0, 0.05) is 0 Å². The van der Waals surface area contributed by atoms with E-state index in [4.69, 9.17) is 4.74 Å². The number of benzene rings is 2. The molecule has 1 atom stereocenters. The number of aryl methyl sites for hydroxylation is 2. The van der Waals surface area contributed by atoms with Crippen LogP contribution < -0.4 is 4.74 Å². The molecule has 20 heavy (non-hydrogen) atoms. The van der Waals surface area contributed by atoms with Crippen molar-refractivity contribution in [3.8, 4) is 11.8 Å². The molecule has 2 aromatic rings. The van der Waals surface area contributed by atoms with Gasteiger partial charge in [0.15, 0.2) is 0 Å². The second-order valence-electron chi connectivity index (χ2n) is 5.09. The molecule has 0 radical (unpaired) electrons. The smallest absolute Gasteiger partial charge is 0.119 e. The maximum Gasteiger partial charge on any atom is 0.119 e. The largest absolute Gasteiger partial charge is 0.497 e. The molecule has 0 aromatic heterocycles. The number of ether oxygens (including phenoxy) is 1. The van der Waals surface area contributed by atoms with Gasteiger partial charge in [0.2, 0.25) is 0 Å². The number of hydrogen-bond donors (Lipinski definition) is 0. The first kappa shape index (κ1) is 14.1. The van der Waals surface area contributed by atoms with Crippen LogP contribution in [-0.4, -0.2) is 7.11 Å². The molecule has 102 valence electrons. The molecule has 2 heteroatoms. The van der Waals surface area contributed by atoms with E-state index in [9.17, 15) is 5.26 Å². The Kier molecular flexibility index (Phi) is 4.42. The average Bonchev–Trinajstić information content (AvgIpc) is 2.48. The summed E-state index contributed by atoms with van der Waals surface area (Å²) < 4.78 is 5.23. The van der Waals surface area contributed by atoms with E-state index in [1.54, 1.807) is 7.11 Å². The quantitative estimate of drug-likeness (QED) is 0.831. The summed E-state index contributed by atoms with van der Waals surface area (Å²) in [4.78, 5) is 0. The van der Waals surface area contributed by atoms with Crippen LogP contribution in [-0.2, 0) is 6.42 Å². The standard InChI is InChI=1S/C18H19NO/c1-13-7-8-14(2)16(9-13)10-17(12-19)15-5-4-6-18(11-15)20-3/h4-9,11,17H,10H2,1-3H3. The lowest BCUT2D eigenvalue weighted by Crippen LogP contribution is -2.03. The van der Waals surface area contributed by atoms with E-state index >= 15 is 0 Å². The zero-order valence-corrected chi connectivity index (χ0v) is 12.2. The fourth-order valence-corrected chi connectivity index (χ4v) is 2.34. The number of methoxy groups -OCH3 is 1.